The van der Waals surface area contributed by atoms with Crippen molar-refractivity contribution in [3.8, 4) is 0 Å². The zero-order valence-electron chi connectivity index (χ0n) is 15.1. The lowest BCUT2D eigenvalue weighted by Crippen LogP contribution is -2.57. The standard InChI is InChI=1S/C20H31N3O/c1-3-15-8-18(23-6-7-24-14(2)13-23)4-5-19(15)22-17-11-20(12-17)9-16(21)10-20/h4-5,8,14,16-17,22H,3,6-7,9-13,21H2,1-2H3/t14-,16?,17?,20?/m0/s1. The summed E-state index contributed by atoms with van der Waals surface area (Å²) < 4.78 is 5.66. The molecule has 1 aromatic carbocycles. The Balaban J connectivity index is 1.41. The molecular weight excluding hydrogens is 298 g/mol. The molecule has 24 heavy (non-hydrogen) atoms. The number of rotatable bonds is 4. The minimum absolute atomic E-state index is 0.321. The van der Waals surface area contributed by atoms with Gasteiger partial charge in [0.15, 0.2) is 0 Å². The van der Waals surface area contributed by atoms with Crippen molar-refractivity contribution < 1.29 is 4.74 Å². The van der Waals surface area contributed by atoms with Crippen LogP contribution in [0.15, 0.2) is 18.2 Å². The largest absolute Gasteiger partial charge is 0.382 e. The van der Waals surface area contributed by atoms with Gasteiger partial charge in [0.1, 0.15) is 0 Å². The first kappa shape index (κ1) is 16.2. The van der Waals surface area contributed by atoms with E-state index in [4.69, 9.17) is 10.5 Å². The van der Waals surface area contributed by atoms with Crippen molar-refractivity contribution in [1.82, 2.24) is 0 Å². The third-order valence-electron chi connectivity index (χ3n) is 6.18. The van der Waals surface area contributed by atoms with Crippen molar-refractivity contribution in [2.45, 2.75) is 64.1 Å². The number of hydrogen-bond acceptors (Lipinski definition) is 4. The Labute approximate surface area is 145 Å². The first-order valence-corrected chi connectivity index (χ1v) is 9.58. The summed E-state index contributed by atoms with van der Waals surface area (Å²) in [5.74, 6) is 0. The number of nitrogens with one attached hydrogen (secondary N) is 1. The lowest BCUT2D eigenvalue weighted by molar-refractivity contribution is 0.00119. The average Bonchev–Trinajstić information content (AvgIpc) is 2.51. The van der Waals surface area contributed by atoms with E-state index in [0.29, 0.717) is 23.6 Å². The second kappa shape index (κ2) is 6.23. The Morgan fingerprint density at radius 1 is 1.29 bits per heavy atom. The van der Waals surface area contributed by atoms with Crippen molar-refractivity contribution in [2.75, 3.05) is 29.9 Å². The van der Waals surface area contributed by atoms with E-state index in [-0.39, 0.29) is 0 Å². The van der Waals surface area contributed by atoms with Gasteiger partial charge in [-0.05, 0) is 68.2 Å². The number of nitrogens with zero attached hydrogens (tertiary/aromatic N) is 1. The smallest absolute Gasteiger partial charge is 0.0722 e. The molecule has 3 aliphatic rings. The first-order chi connectivity index (χ1) is 11.6. The van der Waals surface area contributed by atoms with Crippen LogP contribution in [0.3, 0.4) is 0 Å². The quantitative estimate of drug-likeness (QED) is 0.891. The summed E-state index contributed by atoms with van der Waals surface area (Å²) in [6.07, 6.45) is 6.46. The number of hydrogen-bond donors (Lipinski definition) is 2. The van der Waals surface area contributed by atoms with E-state index in [1.54, 1.807) is 0 Å². The van der Waals surface area contributed by atoms with E-state index in [0.717, 1.165) is 26.1 Å². The van der Waals surface area contributed by atoms with Crippen LogP contribution in [0.2, 0.25) is 0 Å². The van der Waals surface area contributed by atoms with E-state index in [1.807, 2.05) is 0 Å². The van der Waals surface area contributed by atoms with E-state index in [2.05, 4.69) is 42.3 Å². The molecule has 0 amide bonds. The molecular formula is C20H31N3O. The number of anilines is 2. The highest BCUT2D eigenvalue weighted by Crippen LogP contribution is 2.56. The van der Waals surface area contributed by atoms with Crippen LogP contribution in [0.4, 0.5) is 11.4 Å². The van der Waals surface area contributed by atoms with Gasteiger partial charge in [-0.2, -0.15) is 0 Å². The molecule has 1 atom stereocenters. The maximum atomic E-state index is 5.97. The second-order valence-electron chi connectivity index (χ2n) is 8.24. The number of aryl methyl sites for hydroxylation is 1. The molecule has 4 heteroatoms. The zero-order chi connectivity index (χ0) is 16.7. The predicted octanol–water partition coefficient (Wildman–Crippen LogP) is 3.16. The summed E-state index contributed by atoms with van der Waals surface area (Å²) in [5, 5.41) is 3.79. The summed E-state index contributed by atoms with van der Waals surface area (Å²) in [6.45, 7) is 7.21. The van der Waals surface area contributed by atoms with Gasteiger partial charge < -0.3 is 20.7 Å². The molecule has 3 N–H and O–H groups in total. The highest BCUT2D eigenvalue weighted by atomic mass is 16.5. The fraction of sp³-hybridized carbons (Fsp3) is 0.700. The van der Waals surface area contributed by atoms with Crippen LogP contribution in [-0.4, -0.2) is 37.9 Å². The first-order valence-electron chi connectivity index (χ1n) is 9.58. The normalized spacial score (nSPS) is 35.5. The minimum atomic E-state index is 0.321. The molecule has 132 valence electrons. The van der Waals surface area contributed by atoms with Crippen molar-refractivity contribution in [3.05, 3.63) is 23.8 Å². The molecule has 0 bridgehead atoms. The Bertz CT molecular complexity index is 589. The van der Waals surface area contributed by atoms with Crippen LogP contribution in [0.1, 0.15) is 45.1 Å². The van der Waals surface area contributed by atoms with Gasteiger partial charge in [0, 0.05) is 36.5 Å². The Kier molecular flexibility index (Phi) is 4.21. The fourth-order valence-electron chi connectivity index (χ4n) is 4.96. The minimum Gasteiger partial charge on any atom is -0.382 e. The van der Waals surface area contributed by atoms with Crippen LogP contribution in [0, 0.1) is 5.41 Å². The van der Waals surface area contributed by atoms with Gasteiger partial charge in [0.05, 0.1) is 12.7 Å². The molecule has 0 unspecified atom stereocenters. The summed E-state index contributed by atoms with van der Waals surface area (Å²) >= 11 is 0. The maximum absolute atomic E-state index is 5.97. The van der Waals surface area contributed by atoms with Gasteiger partial charge in [-0.3, -0.25) is 0 Å². The van der Waals surface area contributed by atoms with E-state index in [1.165, 1.54) is 42.6 Å². The maximum Gasteiger partial charge on any atom is 0.0722 e. The molecule has 2 saturated carbocycles. The summed E-state index contributed by atoms with van der Waals surface area (Å²) in [5.41, 5.74) is 10.7. The molecule has 1 heterocycles. The van der Waals surface area contributed by atoms with Crippen LogP contribution in [0.5, 0.6) is 0 Å². The van der Waals surface area contributed by atoms with E-state index < -0.39 is 0 Å². The lowest BCUT2D eigenvalue weighted by Gasteiger charge is -2.57. The molecule has 4 rings (SSSR count). The number of benzene rings is 1. The summed E-state index contributed by atoms with van der Waals surface area (Å²) in [4.78, 5) is 2.45. The molecule has 1 spiro atoms. The average molecular weight is 329 g/mol. The number of morpholine rings is 1. The third kappa shape index (κ3) is 3.02. The molecule has 0 radical (unpaired) electrons. The predicted molar refractivity (Wildman–Crippen MR) is 99.7 cm³/mol. The third-order valence-corrected chi connectivity index (χ3v) is 6.18. The van der Waals surface area contributed by atoms with Gasteiger partial charge in [-0.1, -0.05) is 6.92 Å². The van der Waals surface area contributed by atoms with Gasteiger partial charge in [-0.15, -0.1) is 0 Å². The second-order valence-corrected chi connectivity index (χ2v) is 8.24. The van der Waals surface area contributed by atoms with Crippen LogP contribution < -0.4 is 16.0 Å². The number of ether oxygens (including phenoxy) is 1. The molecule has 1 saturated heterocycles. The Hall–Kier alpha value is -1.26. The monoisotopic (exact) mass is 329 g/mol. The van der Waals surface area contributed by atoms with Crippen LogP contribution in [0.25, 0.3) is 0 Å². The SMILES string of the molecule is CCc1cc(N2CCO[C@@H](C)C2)ccc1NC1CC2(CC(N)C2)C1. The van der Waals surface area contributed by atoms with Gasteiger partial charge in [-0.25, -0.2) is 0 Å². The van der Waals surface area contributed by atoms with Gasteiger partial charge in [0.2, 0.25) is 0 Å². The van der Waals surface area contributed by atoms with Crippen molar-refractivity contribution >= 4 is 11.4 Å². The van der Waals surface area contributed by atoms with Crippen LogP contribution >= 0.6 is 0 Å². The summed E-state index contributed by atoms with van der Waals surface area (Å²) in [6, 6.07) is 8.03. The number of nitrogens with two attached hydrogens (primary N) is 1. The lowest BCUT2D eigenvalue weighted by atomic mass is 9.52. The molecule has 4 nitrogen and oxygen atoms in total. The molecule has 0 aromatic heterocycles. The van der Waals surface area contributed by atoms with E-state index >= 15 is 0 Å². The summed E-state index contributed by atoms with van der Waals surface area (Å²) in [7, 11) is 0. The fourth-order valence-corrected chi connectivity index (χ4v) is 4.96. The van der Waals surface area contributed by atoms with Crippen molar-refractivity contribution in [1.29, 1.82) is 0 Å². The topological polar surface area (TPSA) is 50.5 Å². The molecule has 1 aliphatic heterocycles. The van der Waals surface area contributed by atoms with Crippen LogP contribution in [-0.2, 0) is 11.2 Å². The Morgan fingerprint density at radius 2 is 2.08 bits per heavy atom. The molecule has 1 aromatic rings. The van der Waals surface area contributed by atoms with E-state index in [9.17, 15) is 0 Å². The highest BCUT2D eigenvalue weighted by Gasteiger charge is 2.51. The zero-order valence-corrected chi connectivity index (χ0v) is 15.1. The van der Waals surface area contributed by atoms with Crippen molar-refractivity contribution in [3.63, 3.8) is 0 Å². The van der Waals surface area contributed by atoms with Gasteiger partial charge >= 0.3 is 0 Å². The highest BCUT2D eigenvalue weighted by molar-refractivity contribution is 5.61. The Morgan fingerprint density at radius 3 is 2.75 bits per heavy atom. The van der Waals surface area contributed by atoms with Gasteiger partial charge in [0.25, 0.3) is 0 Å². The van der Waals surface area contributed by atoms with Crippen molar-refractivity contribution in [2.24, 2.45) is 11.1 Å². The molecule has 3 fully saturated rings. The molecule has 2 aliphatic carbocycles.